The average Bonchev–Trinajstić information content (AvgIpc) is 2.05. The molecule has 0 fully saturated rings. The Bertz CT molecular complexity index is 248. The maximum absolute atomic E-state index is 9.30. The molecule has 0 aliphatic rings. The van der Waals surface area contributed by atoms with E-state index in [1.165, 1.54) is 4.90 Å². The minimum absolute atomic E-state index is 0.371. The molecule has 0 saturated carbocycles. The van der Waals surface area contributed by atoms with E-state index < -0.39 is 0 Å². The van der Waals surface area contributed by atoms with Gasteiger partial charge in [-0.15, -0.1) is 23.5 Å². The van der Waals surface area contributed by atoms with Crippen LogP contribution < -0.4 is 0 Å². The molecule has 3 heteroatoms. The van der Waals surface area contributed by atoms with E-state index in [2.05, 4.69) is 0 Å². The molecule has 1 aromatic rings. The Morgan fingerprint density at radius 2 is 1.91 bits per heavy atom. The topological polar surface area (TPSA) is 20.2 Å². The van der Waals surface area contributed by atoms with Crippen LogP contribution in [-0.2, 0) is 0 Å². The van der Waals surface area contributed by atoms with Crippen LogP contribution in [-0.4, -0.2) is 17.6 Å². The third kappa shape index (κ3) is 2.07. The number of phenols is 1. The Balaban J connectivity index is 3.02. The molecule has 0 aliphatic carbocycles. The fraction of sp³-hybridized carbons (Fsp3) is 0.250. The number of hydrogen-bond donors (Lipinski definition) is 1. The molecule has 1 nitrogen and oxygen atoms in total. The SMILES string of the molecule is CSc1ccc(O)c(SC)c1. The van der Waals surface area contributed by atoms with E-state index in [9.17, 15) is 5.11 Å². The molecule has 0 heterocycles. The number of aromatic hydroxyl groups is 1. The predicted molar refractivity (Wildman–Crippen MR) is 51.7 cm³/mol. The zero-order valence-corrected chi connectivity index (χ0v) is 8.13. The first kappa shape index (κ1) is 8.81. The van der Waals surface area contributed by atoms with Crippen molar-refractivity contribution in [1.29, 1.82) is 0 Å². The molecule has 0 unspecified atom stereocenters. The molecule has 0 amide bonds. The number of benzene rings is 1. The summed E-state index contributed by atoms with van der Waals surface area (Å²) in [4.78, 5) is 2.13. The molecule has 1 rings (SSSR count). The third-order valence-electron chi connectivity index (χ3n) is 1.39. The minimum Gasteiger partial charge on any atom is -0.507 e. The van der Waals surface area contributed by atoms with E-state index in [-0.39, 0.29) is 0 Å². The van der Waals surface area contributed by atoms with Crippen LogP contribution in [0.5, 0.6) is 5.75 Å². The van der Waals surface area contributed by atoms with Gasteiger partial charge in [0.2, 0.25) is 0 Å². The van der Waals surface area contributed by atoms with E-state index in [4.69, 9.17) is 0 Å². The van der Waals surface area contributed by atoms with Gasteiger partial charge in [-0.1, -0.05) is 0 Å². The van der Waals surface area contributed by atoms with E-state index in [0.717, 1.165) is 4.90 Å². The van der Waals surface area contributed by atoms with Gasteiger partial charge in [0.25, 0.3) is 0 Å². The summed E-state index contributed by atoms with van der Waals surface area (Å²) < 4.78 is 0. The molecule has 0 aliphatic heterocycles. The Kier molecular flexibility index (Phi) is 3.15. The van der Waals surface area contributed by atoms with Gasteiger partial charge in [-0.2, -0.15) is 0 Å². The van der Waals surface area contributed by atoms with Gasteiger partial charge in [0.1, 0.15) is 5.75 Å². The molecule has 1 aromatic carbocycles. The van der Waals surface area contributed by atoms with Gasteiger partial charge in [-0.3, -0.25) is 0 Å². The van der Waals surface area contributed by atoms with Gasteiger partial charge in [0.05, 0.1) is 0 Å². The molecule has 0 saturated heterocycles. The van der Waals surface area contributed by atoms with Crippen LogP contribution >= 0.6 is 23.5 Å². The van der Waals surface area contributed by atoms with Gasteiger partial charge in [0, 0.05) is 9.79 Å². The van der Waals surface area contributed by atoms with Gasteiger partial charge >= 0.3 is 0 Å². The summed E-state index contributed by atoms with van der Waals surface area (Å²) in [5, 5.41) is 9.30. The first-order chi connectivity index (χ1) is 5.27. The number of rotatable bonds is 2. The van der Waals surface area contributed by atoms with Crippen LogP contribution in [0.1, 0.15) is 0 Å². The molecule has 0 radical (unpaired) electrons. The van der Waals surface area contributed by atoms with Crippen LogP contribution in [0.2, 0.25) is 0 Å². The molecule has 1 N–H and O–H groups in total. The monoisotopic (exact) mass is 186 g/mol. The summed E-state index contributed by atoms with van der Waals surface area (Å²) in [6, 6.07) is 5.64. The Morgan fingerprint density at radius 1 is 1.18 bits per heavy atom. The molecular weight excluding hydrogens is 176 g/mol. The van der Waals surface area contributed by atoms with Gasteiger partial charge < -0.3 is 5.11 Å². The Hall–Kier alpha value is -0.280. The smallest absolute Gasteiger partial charge is 0.129 e. The van der Waals surface area contributed by atoms with Crippen LogP contribution in [0.3, 0.4) is 0 Å². The van der Waals surface area contributed by atoms with E-state index in [1.807, 2.05) is 24.6 Å². The lowest BCUT2D eigenvalue weighted by atomic mass is 10.3. The van der Waals surface area contributed by atoms with Gasteiger partial charge in [0.15, 0.2) is 0 Å². The summed E-state index contributed by atoms with van der Waals surface area (Å²) in [6.45, 7) is 0. The zero-order chi connectivity index (χ0) is 8.27. The van der Waals surface area contributed by atoms with Crippen molar-refractivity contribution in [2.45, 2.75) is 9.79 Å². The van der Waals surface area contributed by atoms with Crippen molar-refractivity contribution in [2.24, 2.45) is 0 Å². The quantitative estimate of drug-likeness (QED) is 0.717. The van der Waals surface area contributed by atoms with Gasteiger partial charge in [-0.25, -0.2) is 0 Å². The summed E-state index contributed by atoms with van der Waals surface area (Å²) in [5.74, 6) is 0.371. The third-order valence-corrected chi connectivity index (χ3v) is 2.88. The lowest BCUT2D eigenvalue weighted by Gasteiger charge is -2.02. The normalized spacial score (nSPS) is 10.0. The number of phenolic OH excluding ortho intramolecular Hbond substituents is 1. The Morgan fingerprint density at radius 3 is 2.45 bits per heavy atom. The summed E-state index contributed by atoms with van der Waals surface area (Å²) in [5.41, 5.74) is 0. The first-order valence-electron chi connectivity index (χ1n) is 3.19. The van der Waals surface area contributed by atoms with E-state index >= 15 is 0 Å². The lowest BCUT2D eigenvalue weighted by Crippen LogP contribution is -1.74. The molecule has 11 heavy (non-hydrogen) atoms. The maximum atomic E-state index is 9.30. The highest BCUT2D eigenvalue weighted by molar-refractivity contribution is 7.99. The largest absolute Gasteiger partial charge is 0.507 e. The van der Waals surface area contributed by atoms with Crippen molar-refractivity contribution < 1.29 is 5.11 Å². The second kappa shape index (κ2) is 3.93. The van der Waals surface area contributed by atoms with Gasteiger partial charge in [-0.05, 0) is 30.7 Å². The molecule has 0 bridgehead atoms. The minimum atomic E-state index is 0.371. The summed E-state index contributed by atoms with van der Waals surface area (Å²) in [7, 11) is 0. The van der Waals surface area contributed by atoms with E-state index in [0.29, 0.717) is 5.75 Å². The fourth-order valence-electron chi connectivity index (χ4n) is 0.785. The van der Waals surface area contributed by atoms with Crippen LogP contribution in [0.4, 0.5) is 0 Å². The van der Waals surface area contributed by atoms with Crippen molar-refractivity contribution in [3.8, 4) is 5.75 Å². The predicted octanol–water partition coefficient (Wildman–Crippen LogP) is 2.84. The highest BCUT2D eigenvalue weighted by Crippen LogP contribution is 2.30. The molecule has 0 spiro atoms. The average molecular weight is 186 g/mol. The van der Waals surface area contributed by atoms with Crippen molar-refractivity contribution in [2.75, 3.05) is 12.5 Å². The first-order valence-corrected chi connectivity index (χ1v) is 5.64. The number of hydrogen-bond acceptors (Lipinski definition) is 3. The van der Waals surface area contributed by atoms with Crippen molar-refractivity contribution >= 4 is 23.5 Å². The van der Waals surface area contributed by atoms with Crippen molar-refractivity contribution in [1.82, 2.24) is 0 Å². The number of thioether (sulfide) groups is 2. The lowest BCUT2D eigenvalue weighted by molar-refractivity contribution is 0.462. The second-order valence-corrected chi connectivity index (χ2v) is 3.77. The molecule has 0 atom stereocenters. The van der Waals surface area contributed by atoms with Crippen LogP contribution in [0.15, 0.2) is 28.0 Å². The molecule has 60 valence electrons. The highest BCUT2D eigenvalue weighted by atomic mass is 32.2. The van der Waals surface area contributed by atoms with Crippen LogP contribution in [0, 0.1) is 0 Å². The van der Waals surface area contributed by atoms with Crippen molar-refractivity contribution in [3.05, 3.63) is 18.2 Å². The highest BCUT2D eigenvalue weighted by Gasteiger charge is 1.99. The maximum Gasteiger partial charge on any atom is 0.129 e. The standard InChI is InChI=1S/C8H10OS2/c1-10-6-3-4-7(9)8(5-6)11-2/h3-5,9H,1-2H3. The Labute approximate surface area is 75.2 Å². The summed E-state index contributed by atoms with van der Waals surface area (Å²) in [6.07, 6.45) is 3.98. The zero-order valence-electron chi connectivity index (χ0n) is 6.50. The summed E-state index contributed by atoms with van der Waals surface area (Å²) >= 11 is 3.24. The fourth-order valence-corrected chi connectivity index (χ4v) is 1.82. The van der Waals surface area contributed by atoms with Crippen molar-refractivity contribution in [3.63, 3.8) is 0 Å². The second-order valence-electron chi connectivity index (χ2n) is 2.04. The molecular formula is C8H10OS2. The van der Waals surface area contributed by atoms with Crippen LogP contribution in [0.25, 0.3) is 0 Å². The van der Waals surface area contributed by atoms with E-state index in [1.54, 1.807) is 29.6 Å². The molecule has 0 aromatic heterocycles.